The molecule has 0 bridgehead atoms. The topological polar surface area (TPSA) is 32.3 Å². The van der Waals surface area contributed by atoms with Crippen LogP contribution in [0.4, 0.5) is 8.78 Å². The molecule has 0 spiro atoms. The zero-order valence-electron chi connectivity index (χ0n) is 11.2. The molecule has 0 amide bonds. The highest BCUT2D eigenvalue weighted by atomic mass is 19.1. The van der Waals surface area contributed by atoms with Gasteiger partial charge in [-0.2, -0.15) is 0 Å². The van der Waals surface area contributed by atoms with Crippen LogP contribution in [0.25, 0.3) is 0 Å². The summed E-state index contributed by atoms with van der Waals surface area (Å²) in [6.45, 7) is 2.39. The van der Waals surface area contributed by atoms with Crippen LogP contribution >= 0.6 is 0 Å². The standard InChI is InChI=1S/C15H21F2NO/c1-10(11-4-2-3-5-11)18-9-15(19)13-7-6-12(16)8-14(13)17/h6-8,10-11,15,18-19H,2-5,9H2,1H3/t10-,15?/m0/s1. The lowest BCUT2D eigenvalue weighted by Crippen LogP contribution is -2.35. The average molecular weight is 269 g/mol. The van der Waals surface area contributed by atoms with Gasteiger partial charge >= 0.3 is 0 Å². The van der Waals surface area contributed by atoms with Crippen molar-refractivity contribution in [1.29, 1.82) is 0 Å². The number of nitrogens with one attached hydrogen (secondary N) is 1. The molecular formula is C15H21F2NO. The number of aliphatic hydroxyl groups is 1. The van der Waals surface area contributed by atoms with E-state index >= 15 is 0 Å². The minimum atomic E-state index is -0.940. The van der Waals surface area contributed by atoms with E-state index in [9.17, 15) is 13.9 Å². The van der Waals surface area contributed by atoms with Crippen LogP contribution in [0.2, 0.25) is 0 Å². The lowest BCUT2D eigenvalue weighted by Gasteiger charge is -2.22. The van der Waals surface area contributed by atoms with Crippen LogP contribution in [0.15, 0.2) is 18.2 Å². The Hall–Kier alpha value is -1.00. The van der Waals surface area contributed by atoms with Crippen LogP contribution in [0.5, 0.6) is 0 Å². The van der Waals surface area contributed by atoms with Gasteiger partial charge in [-0.3, -0.25) is 0 Å². The quantitative estimate of drug-likeness (QED) is 0.860. The molecule has 0 aromatic heterocycles. The zero-order chi connectivity index (χ0) is 13.8. The van der Waals surface area contributed by atoms with Crippen molar-refractivity contribution in [2.24, 2.45) is 5.92 Å². The smallest absolute Gasteiger partial charge is 0.131 e. The third-order valence-electron chi connectivity index (χ3n) is 4.06. The van der Waals surface area contributed by atoms with E-state index in [4.69, 9.17) is 0 Å². The van der Waals surface area contributed by atoms with Crippen molar-refractivity contribution in [3.05, 3.63) is 35.4 Å². The Bertz CT molecular complexity index is 419. The fourth-order valence-corrected chi connectivity index (χ4v) is 2.80. The summed E-state index contributed by atoms with van der Waals surface area (Å²) >= 11 is 0. The molecule has 0 aliphatic heterocycles. The molecule has 4 heteroatoms. The summed E-state index contributed by atoms with van der Waals surface area (Å²) in [4.78, 5) is 0. The summed E-state index contributed by atoms with van der Waals surface area (Å²) in [5, 5.41) is 13.2. The van der Waals surface area contributed by atoms with Crippen LogP contribution in [-0.2, 0) is 0 Å². The van der Waals surface area contributed by atoms with Crippen molar-refractivity contribution < 1.29 is 13.9 Å². The van der Waals surface area contributed by atoms with E-state index in [1.54, 1.807) is 0 Å². The van der Waals surface area contributed by atoms with Crippen molar-refractivity contribution >= 4 is 0 Å². The van der Waals surface area contributed by atoms with Crippen molar-refractivity contribution in [3.63, 3.8) is 0 Å². The maximum absolute atomic E-state index is 13.5. The first-order valence-electron chi connectivity index (χ1n) is 6.94. The second kappa shape index (κ2) is 6.44. The fraction of sp³-hybridized carbons (Fsp3) is 0.600. The second-order valence-electron chi connectivity index (χ2n) is 5.42. The maximum atomic E-state index is 13.5. The SMILES string of the molecule is C[C@H](NCC(O)c1ccc(F)cc1F)C1CCCC1. The molecule has 2 atom stereocenters. The number of rotatable bonds is 5. The van der Waals surface area contributed by atoms with Crippen LogP contribution in [0.1, 0.15) is 44.3 Å². The van der Waals surface area contributed by atoms with Gasteiger partial charge in [-0.25, -0.2) is 8.78 Å². The molecule has 2 rings (SSSR count). The van der Waals surface area contributed by atoms with Gasteiger partial charge in [-0.15, -0.1) is 0 Å². The summed E-state index contributed by atoms with van der Waals surface area (Å²) in [6, 6.07) is 3.60. The molecule has 2 N–H and O–H groups in total. The Morgan fingerprint density at radius 2 is 2.00 bits per heavy atom. The summed E-state index contributed by atoms with van der Waals surface area (Å²) in [6.07, 6.45) is 4.03. The van der Waals surface area contributed by atoms with Gasteiger partial charge in [0.05, 0.1) is 6.10 Å². The lowest BCUT2D eigenvalue weighted by atomic mass is 9.99. The van der Waals surface area contributed by atoms with Gasteiger partial charge in [-0.05, 0) is 31.7 Å². The van der Waals surface area contributed by atoms with E-state index in [1.807, 2.05) is 0 Å². The first-order chi connectivity index (χ1) is 9.08. The highest BCUT2D eigenvalue weighted by molar-refractivity contribution is 5.21. The van der Waals surface area contributed by atoms with Gasteiger partial charge in [-0.1, -0.05) is 18.9 Å². The summed E-state index contributed by atoms with van der Waals surface area (Å²) in [7, 11) is 0. The normalized spacial score (nSPS) is 19.6. The minimum Gasteiger partial charge on any atom is -0.387 e. The first-order valence-corrected chi connectivity index (χ1v) is 6.94. The maximum Gasteiger partial charge on any atom is 0.131 e. The molecule has 1 aliphatic carbocycles. The molecule has 1 saturated carbocycles. The van der Waals surface area contributed by atoms with Crippen molar-refractivity contribution in [3.8, 4) is 0 Å². The largest absolute Gasteiger partial charge is 0.387 e. The van der Waals surface area contributed by atoms with Crippen LogP contribution in [-0.4, -0.2) is 17.7 Å². The van der Waals surface area contributed by atoms with E-state index in [0.717, 1.165) is 6.07 Å². The Balaban J connectivity index is 1.88. The Morgan fingerprint density at radius 1 is 1.32 bits per heavy atom. The summed E-state index contributed by atoms with van der Waals surface area (Å²) < 4.78 is 26.3. The number of benzene rings is 1. The molecule has 2 nitrogen and oxygen atoms in total. The van der Waals surface area contributed by atoms with Crippen molar-refractivity contribution in [2.45, 2.75) is 44.8 Å². The Labute approximate surface area is 112 Å². The van der Waals surface area contributed by atoms with Gasteiger partial charge in [0.1, 0.15) is 11.6 Å². The zero-order valence-corrected chi connectivity index (χ0v) is 11.2. The van der Waals surface area contributed by atoms with Crippen LogP contribution < -0.4 is 5.32 Å². The summed E-state index contributed by atoms with van der Waals surface area (Å²) in [5.41, 5.74) is 0.146. The Morgan fingerprint density at radius 3 is 2.63 bits per heavy atom. The number of hydrogen-bond donors (Lipinski definition) is 2. The third kappa shape index (κ3) is 3.74. The van der Waals surface area contributed by atoms with Gasteiger partial charge in [0.25, 0.3) is 0 Å². The molecule has 1 fully saturated rings. The molecule has 106 valence electrons. The molecule has 19 heavy (non-hydrogen) atoms. The van der Waals surface area contributed by atoms with E-state index in [-0.39, 0.29) is 5.56 Å². The van der Waals surface area contributed by atoms with E-state index in [2.05, 4.69) is 12.2 Å². The first kappa shape index (κ1) is 14.4. The number of hydrogen-bond acceptors (Lipinski definition) is 2. The molecule has 1 aromatic rings. The van der Waals surface area contributed by atoms with Crippen LogP contribution in [0.3, 0.4) is 0 Å². The highest BCUT2D eigenvalue weighted by Gasteiger charge is 2.22. The fourth-order valence-electron chi connectivity index (χ4n) is 2.80. The minimum absolute atomic E-state index is 0.146. The van der Waals surface area contributed by atoms with Gasteiger partial charge in [0.15, 0.2) is 0 Å². The van der Waals surface area contributed by atoms with E-state index in [0.29, 0.717) is 18.5 Å². The average Bonchev–Trinajstić information content (AvgIpc) is 2.89. The second-order valence-corrected chi connectivity index (χ2v) is 5.42. The Kier molecular flexibility index (Phi) is 4.88. The predicted octanol–water partition coefficient (Wildman–Crippen LogP) is 3.17. The van der Waals surface area contributed by atoms with E-state index in [1.165, 1.54) is 37.8 Å². The molecule has 0 radical (unpaired) electrons. The van der Waals surface area contributed by atoms with E-state index < -0.39 is 17.7 Å². The number of aliphatic hydroxyl groups excluding tert-OH is 1. The molecule has 1 unspecified atom stereocenters. The van der Waals surface area contributed by atoms with Gasteiger partial charge in [0, 0.05) is 24.2 Å². The van der Waals surface area contributed by atoms with Crippen LogP contribution in [0, 0.1) is 17.6 Å². The molecule has 0 saturated heterocycles. The summed E-state index contributed by atoms with van der Waals surface area (Å²) in [5.74, 6) is -0.672. The molecule has 1 aromatic carbocycles. The van der Waals surface area contributed by atoms with Gasteiger partial charge < -0.3 is 10.4 Å². The highest BCUT2D eigenvalue weighted by Crippen LogP contribution is 2.27. The predicted molar refractivity (Wildman–Crippen MR) is 70.7 cm³/mol. The third-order valence-corrected chi connectivity index (χ3v) is 4.06. The van der Waals surface area contributed by atoms with Gasteiger partial charge in [0.2, 0.25) is 0 Å². The van der Waals surface area contributed by atoms with Crippen molar-refractivity contribution in [1.82, 2.24) is 5.32 Å². The lowest BCUT2D eigenvalue weighted by molar-refractivity contribution is 0.161. The monoisotopic (exact) mass is 269 g/mol. The number of halogens is 2. The molecule has 1 aliphatic rings. The molecular weight excluding hydrogens is 248 g/mol. The van der Waals surface area contributed by atoms with Crippen molar-refractivity contribution in [2.75, 3.05) is 6.54 Å². The molecule has 0 heterocycles.